The van der Waals surface area contributed by atoms with Gasteiger partial charge in [0.2, 0.25) is 0 Å². The first-order valence-corrected chi connectivity index (χ1v) is 8.73. The van der Waals surface area contributed by atoms with Gasteiger partial charge in [0.05, 0.1) is 5.69 Å². The number of benzene rings is 1. The normalized spacial score (nSPS) is 11.5. The molecule has 0 atom stereocenters. The SMILES string of the molecule is CS(=O)(=O)c1ccccc1OCc1cc(=O)n2ccccc2n1. The van der Waals surface area contributed by atoms with Gasteiger partial charge in [-0.05, 0) is 24.3 Å². The van der Waals surface area contributed by atoms with E-state index < -0.39 is 9.84 Å². The Morgan fingerprint density at radius 2 is 1.87 bits per heavy atom. The zero-order valence-corrected chi connectivity index (χ0v) is 13.2. The van der Waals surface area contributed by atoms with Gasteiger partial charge in [-0.25, -0.2) is 13.4 Å². The van der Waals surface area contributed by atoms with Gasteiger partial charge in [0.1, 0.15) is 22.9 Å². The number of pyridine rings is 1. The fourth-order valence-corrected chi connectivity index (χ4v) is 3.02. The van der Waals surface area contributed by atoms with Crippen LogP contribution in [0.1, 0.15) is 5.69 Å². The molecule has 0 bridgehead atoms. The van der Waals surface area contributed by atoms with Gasteiger partial charge in [-0.1, -0.05) is 18.2 Å². The maximum absolute atomic E-state index is 12.0. The summed E-state index contributed by atoms with van der Waals surface area (Å²) in [4.78, 5) is 16.4. The maximum atomic E-state index is 12.0. The fraction of sp³-hybridized carbons (Fsp3) is 0.125. The summed E-state index contributed by atoms with van der Waals surface area (Å²) in [6.45, 7) is 0.00711. The molecule has 6 nitrogen and oxygen atoms in total. The van der Waals surface area contributed by atoms with Crippen LogP contribution in [0.25, 0.3) is 5.65 Å². The molecule has 0 fully saturated rings. The molecule has 0 aliphatic carbocycles. The highest BCUT2D eigenvalue weighted by Gasteiger charge is 2.14. The summed E-state index contributed by atoms with van der Waals surface area (Å²) >= 11 is 0. The zero-order chi connectivity index (χ0) is 16.4. The second kappa shape index (κ2) is 5.85. The summed E-state index contributed by atoms with van der Waals surface area (Å²) in [5.74, 6) is 0.241. The van der Waals surface area contributed by atoms with Crippen molar-refractivity contribution in [3.8, 4) is 5.75 Å². The third-order valence-corrected chi connectivity index (χ3v) is 4.38. The van der Waals surface area contributed by atoms with Crippen LogP contribution in [0.2, 0.25) is 0 Å². The minimum atomic E-state index is -3.39. The molecule has 0 unspecified atom stereocenters. The van der Waals surface area contributed by atoms with E-state index in [0.717, 1.165) is 6.26 Å². The smallest absolute Gasteiger partial charge is 0.258 e. The molecule has 0 amide bonds. The van der Waals surface area contributed by atoms with Crippen LogP contribution < -0.4 is 10.3 Å². The van der Waals surface area contributed by atoms with Gasteiger partial charge in [-0.3, -0.25) is 9.20 Å². The Hall–Kier alpha value is -2.67. The molecule has 0 radical (unpaired) electrons. The number of para-hydroxylation sites is 1. The Morgan fingerprint density at radius 1 is 1.13 bits per heavy atom. The lowest BCUT2D eigenvalue weighted by atomic mass is 10.3. The van der Waals surface area contributed by atoms with Crippen LogP contribution >= 0.6 is 0 Å². The van der Waals surface area contributed by atoms with Crippen molar-refractivity contribution in [2.45, 2.75) is 11.5 Å². The lowest BCUT2D eigenvalue weighted by Gasteiger charge is -2.10. The second-order valence-electron chi connectivity index (χ2n) is 5.02. The first kappa shape index (κ1) is 15.2. The largest absolute Gasteiger partial charge is 0.486 e. The van der Waals surface area contributed by atoms with Gasteiger partial charge >= 0.3 is 0 Å². The Balaban J connectivity index is 1.92. The Labute approximate surface area is 132 Å². The monoisotopic (exact) mass is 330 g/mol. The van der Waals surface area contributed by atoms with E-state index in [2.05, 4.69) is 4.98 Å². The van der Waals surface area contributed by atoms with Crippen molar-refractivity contribution in [2.24, 2.45) is 0 Å². The van der Waals surface area contributed by atoms with Gasteiger partial charge in [0.15, 0.2) is 9.84 Å². The summed E-state index contributed by atoms with van der Waals surface area (Å²) in [5.41, 5.74) is 0.727. The molecular weight excluding hydrogens is 316 g/mol. The highest BCUT2D eigenvalue weighted by molar-refractivity contribution is 7.90. The number of rotatable bonds is 4. The van der Waals surface area contributed by atoms with Crippen LogP contribution in [-0.2, 0) is 16.4 Å². The molecular formula is C16H14N2O4S. The molecule has 0 spiro atoms. The standard InChI is InChI=1S/C16H14N2O4S/c1-23(20,21)14-7-3-2-6-13(14)22-11-12-10-16(19)18-9-5-4-8-15(18)17-12/h2-10H,11H2,1H3. The Bertz CT molecular complexity index is 1030. The molecule has 3 rings (SSSR count). The van der Waals surface area contributed by atoms with Gasteiger partial charge in [-0.2, -0.15) is 0 Å². The summed E-state index contributed by atoms with van der Waals surface area (Å²) in [6, 6.07) is 13.0. The van der Waals surface area contributed by atoms with Crippen LogP contribution in [0.5, 0.6) is 5.75 Å². The van der Waals surface area contributed by atoms with Crippen LogP contribution in [-0.4, -0.2) is 24.1 Å². The maximum Gasteiger partial charge on any atom is 0.258 e. The van der Waals surface area contributed by atoms with E-state index in [0.29, 0.717) is 11.3 Å². The average Bonchev–Trinajstić information content (AvgIpc) is 2.52. The third kappa shape index (κ3) is 3.24. The summed E-state index contributed by atoms with van der Waals surface area (Å²) in [6.07, 6.45) is 2.75. The number of fused-ring (bicyclic) bond motifs is 1. The molecule has 0 saturated heterocycles. The average molecular weight is 330 g/mol. The van der Waals surface area contributed by atoms with E-state index in [1.165, 1.54) is 16.5 Å². The molecule has 3 aromatic rings. The molecule has 23 heavy (non-hydrogen) atoms. The Kier molecular flexibility index (Phi) is 3.87. The third-order valence-electron chi connectivity index (χ3n) is 3.25. The van der Waals surface area contributed by atoms with Gasteiger partial charge < -0.3 is 4.74 Å². The molecule has 2 aromatic heterocycles. The van der Waals surface area contributed by atoms with Crippen molar-refractivity contribution in [3.63, 3.8) is 0 Å². The topological polar surface area (TPSA) is 77.7 Å². The first-order valence-electron chi connectivity index (χ1n) is 6.84. The van der Waals surface area contributed by atoms with E-state index in [1.807, 2.05) is 0 Å². The molecule has 7 heteroatoms. The van der Waals surface area contributed by atoms with Crippen molar-refractivity contribution >= 4 is 15.5 Å². The molecule has 0 aliphatic heterocycles. The van der Waals surface area contributed by atoms with Crippen molar-refractivity contribution < 1.29 is 13.2 Å². The molecule has 1 aromatic carbocycles. The van der Waals surface area contributed by atoms with E-state index in [4.69, 9.17) is 4.74 Å². The van der Waals surface area contributed by atoms with Gasteiger partial charge in [0.25, 0.3) is 5.56 Å². The minimum Gasteiger partial charge on any atom is -0.486 e. The van der Waals surface area contributed by atoms with Gasteiger partial charge in [0, 0.05) is 18.5 Å². The molecule has 0 saturated carbocycles. The lowest BCUT2D eigenvalue weighted by Crippen LogP contribution is -2.16. The zero-order valence-electron chi connectivity index (χ0n) is 12.3. The molecule has 118 valence electrons. The van der Waals surface area contributed by atoms with Crippen LogP contribution in [0.3, 0.4) is 0 Å². The summed E-state index contributed by atoms with van der Waals surface area (Å²) in [7, 11) is -3.39. The van der Waals surface area contributed by atoms with E-state index in [9.17, 15) is 13.2 Å². The molecule has 2 heterocycles. The first-order chi connectivity index (χ1) is 10.9. The van der Waals surface area contributed by atoms with E-state index in [1.54, 1.807) is 42.6 Å². The van der Waals surface area contributed by atoms with Crippen LogP contribution in [0, 0.1) is 0 Å². The van der Waals surface area contributed by atoms with Crippen molar-refractivity contribution in [1.82, 2.24) is 9.38 Å². The second-order valence-corrected chi connectivity index (χ2v) is 7.01. The van der Waals surface area contributed by atoms with Crippen LogP contribution in [0.15, 0.2) is 64.4 Å². The minimum absolute atomic E-state index is 0.00711. The van der Waals surface area contributed by atoms with E-state index >= 15 is 0 Å². The van der Waals surface area contributed by atoms with Crippen molar-refractivity contribution in [3.05, 3.63) is 70.8 Å². The Morgan fingerprint density at radius 3 is 2.65 bits per heavy atom. The van der Waals surface area contributed by atoms with Crippen LogP contribution in [0.4, 0.5) is 0 Å². The van der Waals surface area contributed by atoms with Crippen molar-refractivity contribution in [1.29, 1.82) is 0 Å². The highest BCUT2D eigenvalue weighted by atomic mass is 32.2. The summed E-state index contributed by atoms with van der Waals surface area (Å²) in [5, 5.41) is 0. The quantitative estimate of drug-likeness (QED) is 0.727. The molecule has 0 aliphatic rings. The van der Waals surface area contributed by atoms with Gasteiger partial charge in [-0.15, -0.1) is 0 Å². The number of sulfone groups is 1. The number of aromatic nitrogens is 2. The number of nitrogens with zero attached hydrogens (tertiary/aromatic N) is 2. The number of hydrogen-bond acceptors (Lipinski definition) is 5. The summed E-state index contributed by atoms with van der Waals surface area (Å²) < 4.78 is 30.5. The number of ether oxygens (including phenoxy) is 1. The predicted octanol–water partition coefficient (Wildman–Crippen LogP) is 1.68. The lowest BCUT2D eigenvalue weighted by molar-refractivity contribution is 0.293. The van der Waals surface area contributed by atoms with Crippen molar-refractivity contribution in [2.75, 3.05) is 6.26 Å². The predicted molar refractivity (Wildman–Crippen MR) is 85.3 cm³/mol. The number of hydrogen-bond donors (Lipinski definition) is 0. The highest BCUT2D eigenvalue weighted by Crippen LogP contribution is 2.23. The fourth-order valence-electron chi connectivity index (χ4n) is 2.20. The molecule has 0 N–H and O–H groups in total. The van der Waals surface area contributed by atoms with E-state index in [-0.39, 0.29) is 22.8 Å².